The number of nitrogens with one attached hydrogen (secondary N) is 1. The zero-order valence-electron chi connectivity index (χ0n) is 14.4. The number of hydrogen-bond acceptors (Lipinski definition) is 3. The van der Waals surface area contributed by atoms with Crippen LogP contribution in [0, 0.1) is 17.8 Å². The SMILES string of the molecule is CCNC1CC(C)CC(C)C1CN(CCCO)C1CCC1. The Morgan fingerprint density at radius 3 is 2.52 bits per heavy atom. The number of nitrogens with zero attached hydrogens (tertiary/aromatic N) is 1. The molecule has 4 unspecified atom stereocenters. The smallest absolute Gasteiger partial charge is 0.0443 e. The van der Waals surface area contributed by atoms with Crippen LogP contribution in [0.1, 0.15) is 59.3 Å². The topological polar surface area (TPSA) is 35.5 Å². The first-order chi connectivity index (χ1) is 10.2. The van der Waals surface area contributed by atoms with Gasteiger partial charge in [0.25, 0.3) is 0 Å². The molecule has 124 valence electrons. The molecule has 0 aliphatic heterocycles. The molecule has 0 aromatic heterocycles. The molecule has 21 heavy (non-hydrogen) atoms. The van der Waals surface area contributed by atoms with Crippen molar-refractivity contribution in [1.82, 2.24) is 10.2 Å². The van der Waals surface area contributed by atoms with E-state index in [2.05, 4.69) is 31.0 Å². The van der Waals surface area contributed by atoms with Gasteiger partial charge in [0, 0.05) is 31.8 Å². The van der Waals surface area contributed by atoms with Gasteiger partial charge in [-0.1, -0.05) is 27.2 Å². The van der Waals surface area contributed by atoms with Gasteiger partial charge in [-0.25, -0.2) is 0 Å². The van der Waals surface area contributed by atoms with Crippen molar-refractivity contribution in [1.29, 1.82) is 0 Å². The van der Waals surface area contributed by atoms with E-state index in [1.807, 2.05) is 0 Å². The van der Waals surface area contributed by atoms with E-state index in [9.17, 15) is 5.11 Å². The molecule has 0 aromatic carbocycles. The summed E-state index contributed by atoms with van der Waals surface area (Å²) in [6.45, 7) is 10.8. The molecule has 0 heterocycles. The second kappa shape index (κ2) is 8.50. The van der Waals surface area contributed by atoms with Crippen LogP contribution in [0.15, 0.2) is 0 Å². The van der Waals surface area contributed by atoms with Gasteiger partial charge in [-0.3, -0.25) is 4.90 Å². The van der Waals surface area contributed by atoms with Gasteiger partial charge in [0.2, 0.25) is 0 Å². The predicted octanol–water partition coefficient (Wildman–Crippen LogP) is 2.88. The molecule has 0 radical (unpaired) electrons. The Bertz CT molecular complexity index is 293. The fraction of sp³-hybridized carbons (Fsp3) is 1.00. The molecule has 3 nitrogen and oxygen atoms in total. The zero-order valence-corrected chi connectivity index (χ0v) is 14.4. The third-order valence-corrected chi connectivity index (χ3v) is 5.78. The monoisotopic (exact) mass is 296 g/mol. The molecule has 2 rings (SSSR count). The Morgan fingerprint density at radius 2 is 1.95 bits per heavy atom. The van der Waals surface area contributed by atoms with Crippen molar-refractivity contribution in [3.05, 3.63) is 0 Å². The van der Waals surface area contributed by atoms with Crippen molar-refractivity contribution in [2.24, 2.45) is 17.8 Å². The third kappa shape index (κ3) is 4.67. The van der Waals surface area contributed by atoms with Crippen molar-refractivity contribution in [2.75, 3.05) is 26.2 Å². The number of hydrogen-bond donors (Lipinski definition) is 2. The van der Waals surface area contributed by atoms with Gasteiger partial charge in [0.15, 0.2) is 0 Å². The fourth-order valence-corrected chi connectivity index (χ4v) is 4.43. The minimum absolute atomic E-state index is 0.330. The first kappa shape index (κ1) is 17.2. The number of rotatable bonds is 8. The van der Waals surface area contributed by atoms with Crippen LogP contribution in [-0.4, -0.2) is 48.3 Å². The van der Waals surface area contributed by atoms with Gasteiger partial charge in [0.1, 0.15) is 0 Å². The standard InChI is InChI=1S/C18H36N2O/c1-4-19-18-12-14(2)11-15(3)17(18)13-20(9-6-10-21)16-7-5-8-16/h14-19,21H,4-13H2,1-3H3. The lowest BCUT2D eigenvalue weighted by Crippen LogP contribution is -2.52. The van der Waals surface area contributed by atoms with Gasteiger partial charge in [-0.2, -0.15) is 0 Å². The maximum absolute atomic E-state index is 9.18. The van der Waals surface area contributed by atoms with Crippen LogP contribution in [0.5, 0.6) is 0 Å². The Balaban J connectivity index is 1.97. The van der Waals surface area contributed by atoms with E-state index in [1.54, 1.807) is 0 Å². The molecule has 2 aliphatic rings. The molecule has 0 spiro atoms. The summed E-state index contributed by atoms with van der Waals surface area (Å²) in [7, 11) is 0. The Hall–Kier alpha value is -0.120. The van der Waals surface area contributed by atoms with Gasteiger partial charge < -0.3 is 10.4 Å². The largest absolute Gasteiger partial charge is 0.396 e. The number of aliphatic hydroxyl groups excluding tert-OH is 1. The molecule has 0 aromatic rings. The third-order valence-electron chi connectivity index (χ3n) is 5.78. The highest BCUT2D eigenvalue weighted by Gasteiger charge is 2.36. The summed E-state index contributed by atoms with van der Waals surface area (Å²) in [5.41, 5.74) is 0. The predicted molar refractivity (Wildman–Crippen MR) is 89.4 cm³/mol. The van der Waals surface area contributed by atoms with Crippen LogP contribution in [-0.2, 0) is 0 Å². The van der Waals surface area contributed by atoms with Gasteiger partial charge in [-0.05, 0) is 56.4 Å². The average Bonchev–Trinajstić information content (AvgIpc) is 2.37. The molecule has 0 saturated heterocycles. The molecular formula is C18H36N2O. The second-order valence-corrected chi connectivity index (χ2v) is 7.54. The van der Waals surface area contributed by atoms with E-state index in [1.165, 1.54) is 38.6 Å². The minimum Gasteiger partial charge on any atom is -0.396 e. The van der Waals surface area contributed by atoms with E-state index in [-0.39, 0.29) is 0 Å². The molecule has 3 heteroatoms. The van der Waals surface area contributed by atoms with E-state index < -0.39 is 0 Å². The van der Waals surface area contributed by atoms with E-state index in [4.69, 9.17) is 0 Å². The van der Waals surface area contributed by atoms with Crippen molar-refractivity contribution in [3.8, 4) is 0 Å². The summed E-state index contributed by atoms with van der Waals surface area (Å²) in [5.74, 6) is 2.45. The highest BCUT2D eigenvalue weighted by atomic mass is 16.3. The zero-order chi connectivity index (χ0) is 15.2. The van der Waals surface area contributed by atoms with Crippen molar-refractivity contribution < 1.29 is 5.11 Å². The average molecular weight is 296 g/mol. The lowest BCUT2D eigenvalue weighted by molar-refractivity contribution is 0.0512. The van der Waals surface area contributed by atoms with Crippen LogP contribution in [0.3, 0.4) is 0 Å². The first-order valence-corrected chi connectivity index (χ1v) is 9.24. The van der Waals surface area contributed by atoms with Crippen LogP contribution < -0.4 is 5.32 Å². The Labute approximate surface area is 131 Å². The lowest BCUT2D eigenvalue weighted by Gasteiger charge is -2.46. The van der Waals surface area contributed by atoms with Crippen LogP contribution in [0.2, 0.25) is 0 Å². The first-order valence-electron chi connectivity index (χ1n) is 9.24. The summed E-state index contributed by atoms with van der Waals surface area (Å²) in [6.07, 6.45) is 7.78. The second-order valence-electron chi connectivity index (χ2n) is 7.54. The van der Waals surface area contributed by atoms with E-state index in [0.29, 0.717) is 12.6 Å². The van der Waals surface area contributed by atoms with Crippen molar-refractivity contribution >= 4 is 0 Å². The van der Waals surface area contributed by atoms with Gasteiger partial charge in [0.05, 0.1) is 0 Å². The number of aliphatic hydroxyl groups is 1. The van der Waals surface area contributed by atoms with E-state index in [0.717, 1.165) is 43.3 Å². The van der Waals surface area contributed by atoms with Crippen molar-refractivity contribution in [2.45, 2.75) is 71.4 Å². The highest BCUT2D eigenvalue weighted by Crippen LogP contribution is 2.36. The summed E-state index contributed by atoms with van der Waals surface area (Å²) in [4.78, 5) is 2.70. The van der Waals surface area contributed by atoms with Gasteiger partial charge >= 0.3 is 0 Å². The quantitative estimate of drug-likeness (QED) is 0.723. The van der Waals surface area contributed by atoms with Crippen LogP contribution in [0.4, 0.5) is 0 Å². The van der Waals surface area contributed by atoms with E-state index >= 15 is 0 Å². The molecule has 2 saturated carbocycles. The molecule has 0 amide bonds. The molecule has 2 N–H and O–H groups in total. The fourth-order valence-electron chi connectivity index (χ4n) is 4.43. The van der Waals surface area contributed by atoms with Crippen molar-refractivity contribution in [3.63, 3.8) is 0 Å². The molecular weight excluding hydrogens is 260 g/mol. The van der Waals surface area contributed by atoms with Gasteiger partial charge in [-0.15, -0.1) is 0 Å². The summed E-state index contributed by atoms with van der Waals surface area (Å²) >= 11 is 0. The Morgan fingerprint density at radius 1 is 1.19 bits per heavy atom. The molecule has 0 bridgehead atoms. The van der Waals surface area contributed by atoms with Crippen LogP contribution in [0.25, 0.3) is 0 Å². The normalized spacial score (nSPS) is 34.1. The van der Waals surface area contributed by atoms with Crippen LogP contribution >= 0.6 is 0 Å². The molecule has 4 atom stereocenters. The highest BCUT2D eigenvalue weighted by molar-refractivity contribution is 4.91. The molecule has 2 aliphatic carbocycles. The molecule has 2 fully saturated rings. The maximum atomic E-state index is 9.18. The summed E-state index contributed by atoms with van der Waals surface area (Å²) in [5, 5.41) is 12.9. The summed E-state index contributed by atoms with van der Waals surface area (Å²) < 4.78 is 0. The minimum atomic E-state index is 0.330. The maximum Gasteiger partial charge on any atom is 0.0443 e. The Kier molecular flexibility index (Phi) is 6.97. The lowest BCUT2D eigenvalue weighted by atomic mass is 9.71. The summed E-state index contributed by atoms with van der Waals surface area (Å²) in [6, 6.07) is 1.48.